The number of hydrogen-bond acceptors (Lipinski definition) is 3. The third kappa shape index (κ3) is 8.55. The fourth-order valence-corrected chi connectivity index (χ4v) is 4.71. The Morgan fingerprint density at radius 2 is 1.41 bits per heavy atom. The van der Waals surface area contributed by atoms with Gasteiger partial charge in [0.1, 0.15) is 12.0 Å². The number of benzene rings is 4. The molecular weight excluding hydrogens is 499 g/mol. The average Bonchev–Trinajstić information content (AvgIpc) is 2.95. The van der Waals surface area contributed by atoms with Crippen molar-refractivity contribution in [2.24, 2.45) is 0 Å². The number of nitrogens with zero attached hydrogens (tertiary/aromatic N) is 1. The van der Waals surface area contributed by atoms with Crippen LogP contribution in [0.15, 0.2) is 109 Å². The summed E-state index contributed by atoms with van der Waals surface area (Å²) >= 11 is 0. The zero-order valence-electron chi connectivity index (χ0n) is 21.7. The van der Waals surface area contributed by atoms with Gasteiger partial charge in [-0.3, -0.25) is 4.90 Å². The Bertz CT molecular complexity index is 1270. The number of ether oxygens (including phenoxy) is 1. The van der Waals surface area contributed by atoms with Gasteiger partial charge in [-0.25, -0.2) is 0 Å². The number of hydrogen-bond donors (Lipinski definition) is 0. The van der Waals surface area contributed by atoms with Crippen LogP contribution in [0.5, 0.6) is 5.75 Å². The Balaban J connectivity index is 1.52. The fourth-order valence-electron chi connectivity index (χ4n) is 4.71. The molecule has 6 heteroatoms. The van der Waals surface area contributed by atoms with E-state index < -0.39 is 11.7 Å². The minimum Gasteiger partial charge on any atom is -0.494 e. The lowest BCUT2D eigenvalue weighted by Gasteiger charge is -2.29. The minimum atomic E-state index is -4.39. The van der Waals surface area contributed by atoms with E-state index in [2.05, 4.69) is 29.2 Å². The van der Waals surface area contributed by atoms with E-state index >= 15 is 0 Å². The molecule has 0 fully saturated rings. The number of carbonyl (C=O) groups excluding carboxylic acids is 1. The van der Waals surface area contributed by atoms with Crippen molar-refractivity contribution in [3.05, 3.63) is 137 Å². The minimum absolute atomic E-state index is 0.0548. The first-order valence-corrected chi connectivity index (χ1v) is 13.1. The number of rotatable bonds is 13. The van der Waals surface area contributed by atoms with Crippen LogP contribution in [0, 0.1) is 0 Å². The lowest BCUT2D eigenvalue weighted by atomic mass is 9.90. The maximum Gasteiger partial charge on any atom is 0.416 e. The third-order valence-corrected chi connectivity index (χ3v) is 6.61. The normalized spacial score (nSPS) is 11.6. The number of alkyl halides is 3. The summed E-state index contributed by atoms with van der Waals surface area (Å²) in [5.41, 5.74) is 3.18. The van der Waals surface area contributed by atoms with Crippen LogP contribution in [0.4, 0.5) is 13.2 Å². The third-order valence-electron chi connectivity index (χ3n) is 6.61. The summed E-state index contributed by atoms with van der Waals surface area (Å²) in [5, 5.41) is 0. The lowest BCUT2D eigenvalue weighted by Crippen LogP contribution is -2.31. The number of aldehydes is 1. The molecule has 3 nitrogen and oxygen atoms in total. The van der Waals surface area contributed by atoms with E-state index in [1.54, 1.807) is 6.07 Å². The van der Waals surface area contributed by atoms with Crippen molar-refractivity contribution >= 4 is 6.29 Å². The Hall–Kier alpha value is -3.90. The van der Waals surface area contributed by atoms with Gasteiger partial charge < -0.3 is 9.53 Å². The molecule has 4 aromatic rings. The SMILES string of the molecule is O=CCc1cccc(OCCCN(Cc2cccc(C(F)(F)F)c2)CC(c2ccccc2)c2ccccc2)c1. The standard InChI is InChI=1S/C33H32F3NO2/c34-33(35,36)30-16-7-11-27(22-30)24-37(19-9-21-39-31-17-8-10-26(23-31)18-20-38)25-32(28-12-3-1-4-13-28)29-14-5-2-6-15-29/h1-8,10-17,20,22-23,32H,9,18-19,21,24-25H2. The van der Waals surface area contributed by atoms with Gasteiger partial charge in [-0.15, -0.1) is 0 Å². The van der Waals surface area contributed by atoms with E-state index in [0.717, 1.165) is 29.0 Å². The van der Waals surface area contributed by atoms with Crippen molar-refractivity contribution in [3.63, 3.8) is 0 Å². The molecule has 202 valence electrons. The average molecular weight is 532 g/mol. The van der Waals surface area contributed by atoms with Crippen molar-refractivity contribution in [1.82, 2.24) is 4.90 Å². The zero-order chi connectivity index (χ0) is 27.5. The predicted molar refractivity (Wildman–Crippen MR) is 148 cm³/mol. The van der Waals surface area contributed by atoms with Crippen LogP contribution in [0.3, 0.4) is 0 Å². The highest BCUT2D eigenvalue weighted by Crippen LogP contribution is 2.31. The molecule has 0 N–H and O–H groups in total. The Morgan fingerprint density at radius 3 is 2.05 bits per heavy atom. The van der Waals surface area contributed by atoms with Gasteiger partial charge in [0.15, 0.2) is 0 Å². The molecule has 0 heterocycles. The van der Waals surface area contributed by atoms with Crippen molar-refractivity contribution in [2.75, 3.05) is 19.7 Å². The Labute approximate surface area is 227 Å². The number of halogens is 3. The summed E-state index contributed by atoms with van der Waals surface area (Å²) < 4.78 is 46.1. The van der Waals surface area contributed by atoms with Crippen LogP contribution >= 0.6 is 0 Å². The molecule has 0 bridgehead atoms. The van der Waals surface area contributed by atoms with Crippen LogP contribution in [-0.2, 0) is 23.9 Å². The first-order valence-electron chi connectivity index (χ1n) is 13.1. The molecule has 0 aliphatic heterocycles. The molecule has 0 saturated heterocycles. The van der Waals surface area contributed by atoms with Gasteiger partial charge in [-0.1, -0.05) is 91.0 Å². The smallest absolute Gasteiger partial charge is 0.416 e. The monoisotopic (exact) mass is 531 g/mol. The van der Waals surface area contributed by atoms with Gasteiger partial charge in [0.2, 0.25) is 0 Å². The summed E-state index contributed by atoms with van der Waals surface area (Å²) in [7, 11) is 0. The summed E-state index contributed by atoms with van der Waals surface area (Å²) in [6.07, 6.45) is -2.50. The molecule has 0 spiro atoms. The molecule has 0 aliphatic carbocycles. The van der Waals surface area contributed by atoms with E-state index in [0.29, 0.717) is 50.4 Å². The lowest BCUT2D eigenvalue weighted by molar-refractivity contribution is -0.137. The first kappa shape index (κ1) is 28.1. The van der Waals surface area contributed by atoms with Gasteiger partial charge in [0.25, 0.3) is 0 Å². The maximum absolute atomic E-state index is 13.4. The fraction of sp³-hybridized carbons (Fsp3) is 0.242. The molecule has 0 saturated carbocycles. The van der Waals surface area contributed by atoms with Gasteiger partial charge in [-0.2, -0.15) is 13.2 Å². The highest BCUT2D eigenvalue weighted by atomic mass is 19.4. The molecule has 0 atom stereocenters. The second-order valence-electron chi connectivity index (χ2n) is 9.53. The number of carbonyl (C=O) groups is 1. The van der Waals surface area contributed by atoms with Crippen molar-refractivity contribution in [2.45, 2.75) is 31.5 Å². The molecule has 0 aliphatic rings. The summed E-state index contributed by atoms with van der Waals surface area (Å²) in [4.78, 5) is 13.0. The Morgan fingerprint density at radius 1 is 0.769 bits per heavy atom. The van der Waals surface area contributed by atoms with Crippen molar-refractivity contribution in [1.29, 1.82) is 0 Å². The van der Waals surface area contributed by atoms with Crippen LogP contribution in [-0.4, -0.2) is 30.9 Å². The molecule has 0 amide bonds. The van der Waals surface area contributed by atoms with E-state index in [4.69, 9.17) is 4.74 Å². The molecule has 39 heavy (non-hydrogen) atoms. The van der Waals surface area contributed by atoms with Gasteiger partial charge in [0.05, 0.1) is 12.2 Å². The zero-order valence-corrected chi connectivity index (χ0v) is 21.7. The van der Waals surface area contributed by atoms with Crippen LogP contribution < -0.4 is 4.74 Å². The molecule has 0 aromatic heterocycles. The quantitative estimate of drug-likeness (QED) is 0.132. The summed E-state index contributed by atoms with van der Waals surface area (Å²) in [6.45, 7) is 2.11. The molecule has 4 aromatic carbocycles. The van der Waals surface area contributed by atoms with Gasteiger partial charge in [-0.05, 0) is 46.9 Å². The van der Waals surface area contributed by atoms with Crippen LogP contribution in [0.2, 0.25) is 0 Å². The first-order chi connectivity index (χ1) is 18.9. The summed E-state index contributed by atoms with van der Waals surface area (Å²) in [5.74, 6) is 0.754. The Kier molecular flexibility index (Phi) is 9.92. The summed E-state index contributed by atoms with van der Waals surface area (Å²) in [6, 6.07) is 33.4. The largest absolute Gasteiger partial charge is 0.494 e. The highest BCUT2D eigenvalue weighted by Gasteiger charge is 2.30. The van der Waals surface area contributed by atoms with Crippen LogP contribution in [0.1, 0.15) is 40.2 Å². The van der Waals surface area contributed by atoms with E-state index in [-0.39, 0.29) is 5.92 Å². The van der Waals surface area contributed by atoms with Crippen molar-refractivity contribution in [3.8, 4) is 5.75 Å². The van der Waals surface area contributed by atoms with Gasteiger partial charge in [0, 0.05) is 32.0 Å². The van der Waals surface area contributed by atoms with Gasteiger partial charge >= 0.3 is 6.18 Å². The van der Waals surface area contributed by atoms with Crippen molar-refractivity contribution < 1.29 is 22.7 Å². The van der Waals surface area contributed by atoms with E-state index in [1.807, 2.05) is 60.7 Å². The second kappa shape index (κ2) is 13.8. The topological polar surface area (TPSA) is 29.5 Å². The maximum atomic E-state index is 13.4. The molecule has 0 radical (unpaired) electrons. The van der Waals surface area contributed by atoms with Crippen LogP contribution in [0.25, 0.3) is 0 Å². The predicted octanol–water partition coefficient (Wildman–Crippen LogP) is 7.55. The molecule has 0 unspecified atom stereocenters. The van der Waals surface area contributed by atoms with E-state index in [1.165, 1.54) is 12.1 Å². The second-order valence-corrected chi connectivity index (χ2v) is 9.53. The molecule has 4 rings (SSSR count). The van der Waals surface area contributed by atoms with E-state index in [9.17, 15) is 18.0 Å². The molecular formula is C33H32F3NO2. The highest BCUT2D eigenvalue weighted by molar-refractivity contribution is 5.55.